The van der Waals surface area contributed by atoms with Crippen LogP contribution < -0.4 is 0 Å². The Labute approximate surface area is 127 Å². The average molecular weight is 308 g/mol. The number of thiazole rings is 1. The van der Waals surface area contributed by atoms with Crippen molar-refractivity contribution in [3.05, 3.63) is 51.2 Å². The summed E-state index contributed by atoms with van der Waals surface area (Å²) in [6, 6.07) is 4.19. The number of hydrogen-bond acceptors (Lipinski definition) is 5. The number of aromatic nitrogens is 1. The maximum atomic E-state index is 13.3. The second kappa shape index (κ2) is 6.78. The second-order valence-electron chi connectivity index (χ2n) is 4.81. The predicted molar refractivity (Wildman–Crippen MR) is 79.8 cm³/mol. The first-order valence-electron chi connectivity index (χ1n) is 6.46. The lowest BCUT2D eigenvalue weighted by molar-refractivity contribution is 0.0598. The largest absolute Gasteiger partial charge is 0.465 e. The molecule has 4 nitrogen and oxygen atoms in total. The van der Waals surface area contributed by atoms with Gasteiger partial charge >= 0.3 is 5.97 Å². The van der Waals surface area contributed by atoms with Crippen LogP contribution in [0.4, 0.5) is 4.39 Å². The highest BCUT2D eigenvalue weighted by Crippen LogP contribution is 2.18. The van der Waals surface area contributed by atoms with E-state index in [9.17, 15) is 9.18 Å². The standard InChI is InChI=1S/C15H17FN2O2S/c1-10-17-7-13(21-10)9-18(2)8-11-4-5-12(16)6-14(11)15(19)20-3/h4-7H,8-9H2,1-3H3. The van der Waals surface area contributed by atoms with Crippen LogP contribution in [0.25, 0.3) is 0 Å². The molecule has 2 aromatic rings. The van der Waals surface area contributed by atoms with E-state index in [1.54, 1.807) is 17.4 Å². The minimum Gasteiger partial charge on any atom is -0.465 e. The van der Waals surface area contributed by atoms with E-state index in [-0.39, 0.29) is 5.56 Å². The fourth-order valence-corrected chi connectivity index (χ4v) is 2.95. The van der Waals surface area contributed by atoms with Crippen LogP contribution in [-0.2, 0) is 17.8 Å². The Balaban J connectivity index is 2.13. The van der Waals surface area contributed by atoms with Crippen molar-refractivity contribution in [3.8, 4) is 0 Å². The number of hydrogen-bond donors (Lipinski definition) is 0. The highest BCUT2D eigenvalue weighted by Gasteiger charge is 2.15. The summed E-state index contributed by atoms with van der Waals surface area (Å²) in [5.41, 5.74) is 1.01. The third-order valence-corrected chi connectivity index (χ3v) is 3.91. The van der Waals surface area contributed by atoms with E-state index in [2.05, 4.69) is 4.98 Å². The highest BCUT2D eigenvalue weighted by atomic mass is 32.1. The molecule has 0 bridgehead atoms. The van der Waals surface area contributed by atoms with Gasteiger partial charge in [-0.3, -0.25) is 4.90 Å². The fourth-order valence-electron chi connectivity index (χ4n) is 2.08. The molecule has 0 aliphatic heterocycles. The molecule has 0 radical (unpaired) electrons. The van der Waals surface area contributed by atoms with Crippen molar-refractivity contribution in [2.75, 3.05) is 14.2 Å². The van der Waals surface area contributed by atoms with Crippen molar-refractivity contribution >= 4 is 17.3 Å². The molecule has 0 saturated heterocycles. The number of esters is 1. The van der Waals surface area contributed by atoms with Crippen molar-refractivity contribution in [2.24, 2.45) is 0 Å². The third kappa shape index (κ3) is 4.09. The van der Waals surface area contributed by atoms with Crippen LogP contribution in [-0.4, -0.2) is 30.0 Å². The van der Waals surface area contributed by atoms with Gasteiger partial charge in [0.25, 0.3) is 0 Å². The molecular formula is C15H17FN2O2S. The lowest BCUT2D eigenvalue weighted by atomic mass is 10.1. The van der Waals surface area contributed by atoms with Gasteiger partial charge in [-0.05, 0) is 31.7 Å². The fraction of sp³-hybridized carbons (Fsp3) is 0.333. The Morgan fingerprint density at radius 2 is 2.19 bits per heavy atom. The van der Waals surface area contributed by atoms with Crippen LogP contribution >= 0.6 is 11.3 Å². The molecule has 0 saturated carbocycles. The maximum absolute atomic E-state index is 13.3. The molecule has 1 aromatic heterocycles. The third-order valence-electron chi connectivity index (χ3n) is 3.01. The van der Waals surface area contributed by atoms with Gasteiger partial charge in [-0.15, -0.1) is 11.3 Å². The van der Waals surface area contributed by atoms with Crippen molar-refractivity contribution in [2.45, 2.75) is 20.0 Å². The molecule has 0 amide bonds. The smallest absolute Gasteiger partial charge is 0.338 e. The molecule has 1 aromatic carbocycles. The lowest BCUT2D eigenvalue weighted by Crippen LogP contribution is -2.19. The summed E-state index contributed by atoms with van der Waals surface area (Å²) in [5.74, 6) is -0.966. The molecule has 21 heavy (non-hydrogen) atoms. The topological polar surface area (TPSA) is 42.4 Å². The molecule has 0 aliphatic carbocycles. The van der Waals surface area contributed by atoms with Gasteiger partial charge in [0, 0.05) is 24.2 Å². The Bertz CT molecular complexity index is 642. The van der Waals surface area contributed by atoms with Crippen LogP contribution in [0.3, 0.4) is 0 Å². The summed E-state index contributed by atoms with van der Waals surface area (Å²) in [4.78, 5) is 19.1. The number of rotatable bonds is 5. The van der Waals surface area contributed by atoms with Crippen LogP contribution in [0, 0.1) is 12.7 Å². The van der Waals surface area contributed by atoms with Crippen LogP contribution in [0.1, 0.15) is 25.8 Å². The number of halogens is 1. The number of benzene rings is 1. The maximum Gasteiger partial charge on any atom is 0.338 e. The van der Waals surface area contributed by atoms with Crippen molar-refractivity contribution in [1.82, 2.24) is 9.88 Å². The zero-order valence-electron chi connectivity index (χ0n) is 12.2. The summed E-state index contributed by atoms with van der Waals surface area (Å²) in [5, 5.41) is 1.02. The lowest BCUT2D eigenvalue weighted by Gasteiger charge is -2.17. The normalized spacial score (nSPS) is 10.9. The number of methoxy groups -OCH3 is 1. The van der Waals surface area contributed by atoms with Crippen molar-refractivity contribution in [3.63, 3.8) is 0 Å². The van der Waals surface area contributed by atoms with Gasteiger partial charge in [0.05, 0.1) is 17.7 Å². The minimum atomic E-state index is -0.522. The molecule has 0 N–H and O–H groups in total. The number of carbonyl (C=O) groups excluding carboxylic acids is 1. The molecule has 0 aliphatic rings. The number of aryl methyl sites for hydroxylation is 1. The summed E-state index contributed by atoms with van der Waals surface area (Å²) in [6.45, 7) is 3.22. The molecule has 112 valence electrons. The van der Waals surface area contributed by atoms with E-state index in [4.69, 9.17) is 4.74 Å². The summed E-state index contributed by atoms with van der Waals surface area (Å²) >= 11 is 1.64. The zero-order valence-corrected chi connectivity index (χ0v) is 13.0. The monoisotopic (exact) mass is 308 g/mol. The Morgan fingerprint density at radius 1 is 1.43 bits per heavy atom. The quantitative estimate of drug-likeness (QED) is 0.796. The van der Waals surface area contributed by atoms with Gasteiger partial charge in [0.1, 0.15) is 5.82 Å². The average Bonchev–Trinajstić information content (AvgIpc) is 2.85. The molecule has 6 heteroatoms. The van der Waals surface area contributed by atoms with Gasteiger partial charge in [0.2, 0.25) is 0 Å². The molecular weight excluding hydrogens is 291 g/mol. The van der Waals surface area contributed by atoms with E-state index in [1.165, 1.54) is 19.2 Å². The van der Waals surface area contributed by atoms with Crippen molar-refractivity contribution in [1.29, 1.82) is 0 Å². The first-order valence-corrected chi connectivity index (χ1v) is 7.28. The molecule has 0 spiro atoms. The Morgan fingerprint density at radius 3 is 2.81 bits per heavy atom. The number of ether oxygens (including phenoxy) is 1. The molecule has 1 heterocycles. The van der Waals surface area contributed by atoms with E-state index >= 15 is 0 Å². The molecule has 0 atom stereocenters. The van der Waals surface area contributed by atoms with E-state index in [0.717, 1.165) is 22.0 Å². The van der Waals surface area contributed by atoms with E-state index in [1.807, 2.05) is 25.1 Å². The summed E-state index contributed by atoms with van der Waals surface area (Å²) < 4.78 is 18.0. The van der Waals surface area contributed by atoms with Gasteiger partial charge in [-0.2, -0.15) is 0 Å². The van der Waals surface area contributed by atoms with E-state index in [0.29, 0.717) is 6.54 Å². The van der Waals surface area contributed by atoms with E-state index < -0.39 is 11.8 Å². The molecule has 2 rings (SSSR count). The minimum absolute atomic E-state index is 0.268. The molecule has 0 unspecified atom stereocenters. The Hall–Kier alpha value is -1.79. The summed E-state index contributed by atoms with van der Waals surface area (Å²) in [7, 11) is 3.24. The van der Waals surface area contributed by atoms with Crippen LogP contribution in [0.5, 0.6) is 0 Å². The van der Waals surface area contributed by atoms with Crippen molar-refractivity contribution < 1.29 is 13.9 Å². The number of nitrogens with zero attached hydrogens (tertiary/aromatic N) is 2. The van der Waals surface area contributed by atoms with Gasteiger partial charge in [-0.1, -0.05) is 6.07 Å². The second-order valence-corrected chi connectivity index (χ2v) is 6.13. The highest BCUT2D eigenvalue weighted by molar-refractivity contribution is 7.11. The predicted octanol–water partition coefficient (Wildman–Crippen LogP) is 3.01. The first kappa shape index (κ1) is 15.6. The zero-order chi connectivity index (χ0) is 15.4. The van der Waals surface area contributed by atoms with Gasteiger partial charge in [-0.25, -0.2) is 14.2 Å². The first-order chi connectivity index (χ1) is 9.99. The molecule has 0 fully saturated rings. The Kier molecular flexibility index (Phi) is 5.03. The van der Waals surface area contributed by atoms with Crippen LogP contribution in [0.15, 0.2) is 24.4 Å². The van der Waals surface area contributed by atoms with Crippen LogP contribution in [0.2, 0.25) is 0 Å². The number of carbonyl (C=O) groups is 1. The SMILES string of the molecule is COC(=O)c1cc(F)ccc1CN(C)Cc1cnc(C)s1. The van der Waals surface area contributed by atoms with Gasteiger partial charge in [0.15, 0.2) is 0 Å². The summed E-state index contributed by atoms with van der Waals surface area (Å²) in [6.07, 6.45) is 1.85. The van der Waals surface area contributed by atoms with Gasteiger partial charge < -0.3 is 4.74 Å².